The van der Waals surface area contributed by atoms with Gasteiger partial charge in [0.1, 0.15) is 0 Å². The lowest BCUT2D eigenvalue weighted by atomic mass is 10.0. The Balaban J connectivity index is 2.21. The second kappa shape index (κ2) is 7.42. The second-order valence-electron chi connectivity index (χ2n) is 4.39. The fourth-order valence-electron chi connectivity index (χ4n) is 1.86. The van der Waals surface area contributed by atoms with E-state index in [2.05, 4.69) is 42.7 Å². The zero-order chi connectivity index (χ0) is 11.8. The Morgan fingerprint density at radius 1 is 1.06 bits per heavy atom. The zero-order valence-electron chi connectivity index (χ0n) is 10.8. The lowest BCUT2D eigenvalue weighted by Gasteiger charge is -2.08. The van der Waals surface area contributed by atoms with Crippen LogP contribution in [-0.2, 0) is 6.42 Å². The summed E-state index contributed by atoms with van der Waals surface area (Å²) in [4.78, 5) is 0. The van der Waals surface area contributed by atoms with Crippen LogP contribution in [0.2, 0.25) is 0 Å². The molecule has 0 saturated heterocycles. The number of aryl methyl sites for hydroxylation is 2. The van der Waals surface area contributed by atoms with Gasteiger partial charge in [-0.2, -0.15) is 0 Å². The van der Waals surface area contributed by atoms with Crippen molar-refractivity contribution in [2.75, 3.05) is 26.7 Å². The lowest BCUT2D eigenvalue weighted by molar-refractivity contribution is 0.624. The van der Waals surface area contributed by atoms with Crippen molar-refractivity contribution in [3.8, 4) is 0 Å². The Bertz CT molecular complexity index is 308. The van der Waals surface area contributed by atoms with Crippen LogP contribution in [0.15, 0.2) is 18.2 Å². The standard InChI is InChI=1S/C14H24N2/c1-12-5-6-14(13(2)11-12)7-10-16-9-4-8-15-3/h5-6,11,15-16H,4,7-10H2,1-3H3. The summed E-state index contributed by atoms with van der Waals surface area (Å²) in [6, 6.07) is 6.71. The smallest absolute Gasteiger partial charge is 0.000824 e. The third-order valence-electron chi connectivity index (χ3n) is 2.85. The van der Waals surface area contributed by atoms with Gasteiger partial charge in [-0.15, -0.1) is 0 Å². The molecule has 2 nitrogen and oxygen atoms in total. The van der Waals surface area contributed by atoms with Gasteiger partial charge in [-0.1, -0.05) is 23.8 Å². The average molecular weight is 220 g/mol. The average Bonchev–Trinajstić information content (AvgIpc) is 2.26. The van der Waals surface area contributed by atoms with Crippen LogP contribution in [0.1, 0.15) is 23.1 Å². The second-order valence-corrected chi connectivity index (χ2v) is 4.39. The maximum atomic E-state index is 3.47. The molecular formula is C14H24N2. The molecule has 2 N–H and O–H groups in total. The molecule has 0 radical (unpaired) electrons. The van der Waals surface area contributed by atoms with Crippen molar-refractivity contribution in [3.63, 3.8) is 0 Å². The fourth-order valence-corrected chi connectivity index (χ4v) is 1.86. The Labute approximate surface area is 99.5 Å². The summed E-state index contributed by atoms with van der Waals surface area (Å²) < 4.78 is 0. The maximum Gasteiger partial charge on any atom is -0.000824 e. The molecule has 0 aliphatic rings. The minimum absolute atomic E-state index is 1.08. The summed E-state index contributed by atoms with van der Waals surface area (Å²) in [5, 5.41) is 6.62. The Morgan fingerprint density at radius 2 is 1.88 bits per heavy atom. The normalized spacial score (nSPS) is 10.7. The summed E-state index contributed by atoms with van der Waals surface area (Å²) >= 11 is 0. The predicted molar refractivity (Wildman–Crippen MR) is 71.0 cm³/mol. The molecule has 1 aromatic rings. The maximum absolute atomic E-state index is 3.47. The quantitative estimate of drug-likeness (QED) is 0.687. The zero-order valence-corrected chi connectivity index (χ0v) is 10.8. The van der Waals surface area contributed by atoms with E-state index in [0.29, 0.717) is 0 Å². The molecule has 1 aromatic carbocycles. The van der Waals surface area contributed by atoms with Crippen LogP contribution < -0.4 is 10.6 Å². The number of benzene rings is 1. The molecule has 0 atom stereocenters. The predicted octanol–water partition coefficient (Wildman–Crippen LogP) is 2.05. The van der Waals surface area contributed by atoms with Crippen LogP contribution in [0.5, 0.6) is 0 Å². The molecule has 90 valence electrons. The number of nitrogens with one attached hydrogen (secondary N) is 2. The molecule has 0 saturated carbocycles. The summed E-state index contributed by atoms with van der Waals surface area (Å²) in [5.41, 5.74) is 4.23. The lowest BCUT2D eigenvalue weighted by Crippen LogP contribution is -2.22. The van der Waals surface area contributed by atoms with E-state index in [4.69, 9.17) is 0 Å². The topological polar surface area (TPSA) is 24.1 Å². The number of rotatable bonds is 7. The number of hydrogen-bond donors (Lipinski definition) is 2. The molecule has 0 spiro atoms. The van der Waals surface area contributed by atoms with E-state index in [1.54, 1.807) is 0 Å². The van der Waals surface area contributed by atoms with E-state index < -0.39 is 0 Å². The van der Waals surface area contributed by atoms with Crippen LogP contribution in [0, 0.1) is 13.8 Å². The first-order chi connectivity index (χ1) is 7.74. The van der Waals surface area contributed by atoms with Gasteiger partial charge < -0.3 is 10.6 Å². The summed E-state index contributed by atoms with van der Waals surface area (Å²) in [6.07, 6.45) is 2.33. The van der Waals surface area contributed by atoms with E-state index in [9.17, 15) is 0 Å². The van der Waals surface area contributed by atoms with Crippen LogP contribution >= 0.6 is 0 Å². The van der Waals surface area contributed by atoms with E-state index >= 15 is 0 Å². The first-order valence-electron chi connectivity index (χ1n) is 6.15. The van der Waals surface area contributed by atoms with Crippen LogP contribution in [-0.4, -0.2) is 26.7 Å². The van der Waals surface area contributed by atoms with Gasteiger partial charge in [0.15, 0.2) is 0 Å². The SMILES string of the molecule is CNCCCNCCc1ccc(C)cc1C. The molecule has 0 aliphatic heterocycles. The van der Waals surface area contributed by atoms with Gasteiger partial charge >= 0.3 is 0 Å². The minimum atomic E-state index is 1.08. The van der Waals surface area contributed by atoms with Crippen molar-refractivity contribution in [3.05, 3.63) is 34.9 Å². The molecule has 16 heavy (non-hydrogen) atoms. The fraction of sp³-hybridized carbons (Fsp3) is 0.571. The van der Waals surface area contributed by atoms with Gasteiger partial charge in [0.2, 0.25) is 0 Å². The molecule has 0 amide bonds. The first-order valence-corrected chi connectivity index (χ1v) is 6.15. The van der Waals surface area contributed by atoms with Crippen molar-refractivity contribution in [1.82, 2.24) is 10.6 Å². The van der Waals surface area contributed by atoms with Crippen molar-refractivity contribution >= 4 is 0 Å². The van der Waals surface area contributed by atoms with Crippen LogP contribution in [0.4, 0.5) is 0 Å². The third kappa shape index (κ3) is 4.77. The highest BCUT2D eigenvalue weighted by Crippen LogP contribution is 2.10. The largest absolute Gasteiger partial charge is 0.320 e. The van der Waals surface area contributed by atoms with Gasteiger partial charge in [0.25, 0.3) is 0 Å². The van der Waals surface area contributed by atoms with E-state index in [1.807, 2.05) is 7.05 Å². The van der Waals surface area contributed by atoms with Crippen LogP contribution in [0.3, 0.4) is 0 Å². The highest BCUT2D eigenvalue weighted by molar-refractivity contribution is 5.30. The van der Waals surface area contributed by atoms with Crippen LogP contribution in [0.25, 0.3) is 0 Å². The van der Waals surface area contributed by atoms with Crippen molar-refractivity contribution in [2.45, 2.75) is 26.7 Å². The Kier molecular flexibility index (Phi) is 6.12. The van der Waals surface area contributed by atoms with Gasteiger partial charge in [0.05, 0.1) is 0 Å². The summed E-state index contributed by atoms with van der Waals surface area (Å²) in [7, 11) is 2.00. The van der Waals surface area contributed by atoms with Gasteiger partial charge in [-0.25, -0.2) is 0 Å². The number of hydrogen-bond acceptors (Lipinski definition) is 2. The van der Waals surface area contributed by atoms with Gasteiger partial charge in [-0.05, 0) is 64.5 Å². The third-order valence-corrected chi connectivity index (χ3v) is 2.85. The molecule has 0 heterocycles. The molecule has 0 fully saturated rings. The summed E-state index contributed by atoms with van der Waals surface area (Å²) in [5.74, 6) is 0. The Hall–Kier alpha value is -0.860. The first kappa shape index (κ1) is 13.2. The monoisotopic (exact) mass is 220 g/mol. The van der Waals surface area contributed by atoms with Gasteiger partial charge in [0, 0.05) is 0 Å². The molecule has 2 heteroatoms. The van der Waals surface area contributed by atoms with E-state index in [0.717, 1.165) is 26.1 Å². The molecule has 0 unspecified atom stereocenters. The highest BCUT2D eigenvalue weighted by Gasteiger charge is 1.97. The molecule has 1 rings (SSSR count). The van der Waals surface area contributed by atoms with E-state index in [-0.39, 0.29) is 0 Å². The molecule has 0 aliphatic carbocycles. The van der Waals surface area contributed by atoms with Crippen molar-refractivity contribution in [1.29, 1.82) is 0 Å². The molecule has 0 aromatic heterocycles. The minimum Gasteiger partial charge on any atom is -0.320 e. The van der Waals surface area contributed by atoms with Crippen molar-refractivity contribution < 1.29 is 0 Å². The Morgan fingerprint density at radius 3 is 2.56 bits per heavy atom. The molecule has 0 bridgehead atoms. The van der Waals surface area contributed by atoms with Crippen molar-refractivity contribution in [2.24, 2.45) is 0 Å². The summed E-state index contributed by atoms with van der Waals surface area (Å²) in [6.45, 7) is 7.62. The van der Waals surface area contributed by atoms with Gasteiger partial charge in [-0.3, -0.25) is 0 Å². The highest BCUT2D eigenvalue weighted by atomic mass is 14.9. The molecular weight excluding hydrogens is 196 g/mol. The van der Waals surface area contributed by atoms with E-state index in [1.165, 1.54) is 23.1 Å².